The van der Waals surface area contributed by atoms with Gasteiger partial charge < -0.3 is 19.9 Å². The number of nitrogens with two attached hydrogens (primary N) is 1. The number of rotatable bonds is 4. The number of piperidine rings is 1. The fourth-order valence-electron chi connectivity index (χ4n) is 6.08. The quantitative estimate of drug-likeness (QED) is 0.857. The van der Waals surface area contributed by atoms with Crippen LogP contribution in [0.5, 0.6) is 0 Å². The number of likely N-dealkylation sites (tertiary alicyclic amines) is 2. The SMILES string of the molecule is Nc1ncnc2c1ccn2C1CCC(CN2CCCC23CCN(C2CC2)CC3)O1. The van der Waals surface area contributed by atoms with Crippen LogP contribution >= 0.6 is 0 Å². The summed E-state index contributed by atoms with van der Waals surface area (Å²) in [5.41, 5.74) is 7.32. The molecule has 3 saturated heterocycles. The summed E-state index contributed by atoms with van der Waals surface area (Å²) in [6, 6.07) is 2.92. The minimum atomic E-state index is 0.0575. The van der Waals surface area contributed by atoms with Crippen molar-refractivity contribution in [3.8, 4) is 0 Å². The Hall–Kier alpha value is -1.70. The highest BCUT2D eigenvalue weighted by Crippen LogP contribution is 2.42. The predicted molar refractivity (Wildman–Crippen MR) is 112 cm³/mol. The molecule has 1 aliphatic carbocycles. The van der Waals surface area contributed by atoms with E-state index in [4.69, 9.17) is 10.5 Å². The summed E-state index contributed by atoms with van der Waals surface area (Å²) in [7, 11) is 0. The molecule has 7 heteroatoms. The summed E-state index contributed by atoms with van der Waals surface area (Å²) in [5.74, 6) is 0.542. The van der Waals surface area contributed by atoms with Gasteiger partial charge in [-0.15, -0.1) is 0 Å². The summed E-state index contributed by atoms with van der Waals surface area (Å²) >= 11 is 0. The van der Waals surface area contributed by atoms with Crippen molar-refractivity contribution in [3.63, 3.8) is 0 Å². The van der Waals surface area contributed by atoms with Crippen LogP contribution in [0.15, 0.2) is 18.6 Å². The maximum Gasteiger partial charge on any atom is 0.147 e. The summed E-state index contributed by atoms with van der Waals surface area (Å²) < 4.78 is 8.67. The number of aromatic nitrogens is 3. The molecular formula is C22H32N6O. The first-order valence-corrected chi connectivity index (χ1v) is 11.4. The van der Waals surface area contributed by atoms with Gasteiger partial charge >= 0.3 is 0 Å². The summed E-state index contributed by atoms with van der Waals surface area (Å²) in [6.45, 7) is 4.91. The van der Waals surface area contributed by atoms with Crippen LogP contribution in [0.25, 0.3) is 11.0 Å². The smallest absolute Gasteiger partial charge is 0.147 e. The molecule has 5 heterocycles. The average molecular weight is 397 g/mol. The monoisotopic (exact) mass is 396 g/mol. The zero-order chi connectivity index (χ0) is 19.4. The van der Waals surface area contributed by atoms with E-state index in [2.05, 4.69) is 24.3 Å². The van der Waals surface area contributed by atoms with Crippen LogP contribution in [-0.4, -0.2) is 68.2 Å². The third-order valence-electron chi connectivity index (χ3n) is 7.89. The molecule has 0 aromatic carbocycles. The number of nitrogen functional groups attached to an aromatic ring is 1. The van der Waals surface area contributed by atoms with Gasteiger partial charge in [0.2, 0.25) is 0 Å². The lowest BCUT2D eigenvalue weighted by Gasteiger charge is -2.46. The molecule has 2 aromatic rings. The van der Waals surface area contributed by atoms with Crippen LogP contribution in [0.1, 0.15) is 57.6 Å². The Kier molecular flexibility index (Phi) is 4.32. The highest BCUT2D eigenvalue weighted by atomic mass is 16.5. The van der Waals surface area contributed by atoms with E-state index in [9.17, 15) is 0 Å². The molecular weight excluding hydrogens is 364 g/mol. The molecule has 0 radical (unpaired) electrons. The number of nitrogens with zero attached hydrogens (tertiary/aromatic N) is 5. The highest BCUT2D eigenvalue weighted by molar-refractivity contribution is 5.86. The largest absolute Gasteiger partial charge is 0.383 e. The second-order valence-corrected chi connectivity index (χ2v) is 9.55. The average Bonchev–Trinajstić information content (AvgIpc) is 3.14. The molecule has 1 saturated carbocycles. The standard InChI is InChI=1S/C22H32N6O/c23-20-18-6-11-28(21(18)25-15-24-20)19-5-4-17(29-19)14-27-10-1-7-22(27)8-12-26(13-9-22)16-2-3-16/h6,11,15-17,19H,1-5,7-10,12-14H2,(H2,23,24,25). The molecule has 0 bridgehead atoms. The van der Waals surface area contributed by atoms with E-state index in [1.165, 1.54) is 58.2 Å². The molecule has 2 aromatic heterocycles. The topological polar surface area (TPSA) is 72.4 Å². The molecule has 29 heavy (non-hydrogen) atoms. The molecule has 0 amide bonds. The summed E-state index contributed by atoms with van der Waals surface area (Å²) in [6.07, 6.45) is 14.4. The molecule has 1 spiro atoms. The third kappa shape index (κ3) is 3.14. The molecule has 2 N–H and O–H groups in total. The van der Waals surface area contributed by atoms with Gasteiger partial charge in [-0.3, -0.25) is 4.90 Å². The zero-order valence-corrected chi connectivity index (χ0v) is 17.2. The molecule has 3 aliphatic heterocycles. The van der Waals surface area contributed by atoms with Crippen molar-refractivity contribution in [2.24, 2.45) is 0 Å². The van der Waals surface area contributed by atoms with Gasteiger partial charge in [-0.25, -0.2) is 9.97 Å². The Bertz CT molecular complexity index is 885. The summed E-state index contributed by atoms with van der Waals surface area (Å²) in [4.78, 5) is 14.1. The van der Waals surface area contributed by atoms with Gasteiger partial charge in [-0.2, -0.15) is 0 Å². The second kappa shape index (κ2) is 6.93. The van der Waals surface area contributed by atoms with E-state index in [1.807, 2.05) is 12.3 Å². The van der Waals surface area contributed by atoms with Crippen LogP contribution in [0.2, 0.25) is 0 Å². The fraction of sp³-hybridized carbons (Fsp3) is 0.727. The van der Waals surface area contributed by atoms with Gasteiger partial charge in [-0.1, -0.05) is 0 Å². The molecule has 7 nitrogen and oxygen atoms in total. The van der Waals surface area contributed by atoms with E-state index in [1.54, 1.807) is 6.33 Å². The first kappa shape index (κ1) is 18.1. The zero-order valence-electron chi connectivity index (χ0n) is 17.2. The van der Waals surface area contributed by atoms with Crippen molar-refractivity contribution in [2.75, 3.05) is 31.9 Å². The Balaban J connectivity index is 1.12. The first-order chi connectivity index (χ1) is 14.2. The third-order valence-corrected chi connectivity index (χ3v) is 7.89. The Morgan fingerprint density at radius 3 is 2.76 bits per heavy atom. The predicted octanol–water partition coefficient (Wildman–Crippen LogP) is 2.78. The van der Waals surface area contributed by atoms with Gasteiger partial charge in [0.15, 0.2) is 0 Å². The van der Waals surface area contributed by atoms with Crippen LogP contribution < -0.4 is 5.73 Å². The number of ether oxygens (including phenoxy) is 1. The van der Waals surface area contributed by atoms with E-state index in [0.717, 1.165) is 36.5 Å². The van der Waals surface area contributed by atoms with Gasteiger partial charge in [0, 0.05) is 37.4 Å². The molecule has 156 valence electrons. The van der Waals surface area contributed by atoms with E-state index in [0.29, 0.717) is 17.5 Å². The normalized spacial score (nSPS) is 30.6. The minimum Gasteiger partial charge on any atom is -0.383 e. The van der Waals surface area contributed by atoms with Crippen LogP contribution in [-0.2, 0) is 4.74 Å². The maximum absolute atomic E-state index is 6.53. The van der Waals surface area contributed by atoms with Crippen molar-refractivity contribution in [3.05, 3.63) is 18.6 Å². The Morgan fingerprint density at radius 1 is 1.07 bits per heavy atom. The molecule has 4 aliphatic rings. The minimum absolute atomic E-state index is 0.0575. The molecule has 2 unspecified atom stereocenters. The van der Waals surface area contributed by atoms with Crippen molar-refractivity contribution in [1.29, 1.82) is 0 Å². The van der Waals surface area contributed by atoms with Crippen LogP contribution in [0.3, 0.4) is 0 Å². The number of hydrogen-bond donors (Lipinski definition) is 1. The highest BCUT2D eigenvalue weighted by Gasteiger charge is 2.46. The lowest BCUT2D eigenvalue weighted by atomic mass is 9.84. The van der Waals surface area contributed by atoms with Crippen LogP contribution in [0, 0.1) is 0 Å². The Labute approximate surface area is 172 Å². The summed E-state index contributed by atoms with van der Waals surface area (Å²) in [5, 5.41) is 0.917. The van der Waals surface area contributed by atoms with Crippen molar-refractivity contribution < 1.29 is 4.74 Å². The lowest BCUT2D eigenvalue weighted by molar-refractivity contribution is -0.0340. The van der Waals surface area contributed by atoms with E-state index < -0.39 is 0 Å². The van der Waals surface area contributed by atoms with E-state index >= 15 is 0 Å². The van der Waals surface area contributed by atoms with E-state index in [-0.39, 0.29) is 6.23 Å². The fourth-order valence-corrected chi connectivity index (χ4v) is 6.08. The van der Waals surface area contributed by atoms with Gasteiger partial charge in [0.05, 0.1) is 11.5 Å². The first-order valence-electron chi connectivity index (χ1n) is 11.4. The number of fused-ring (bicyclic) bond motifs is 1. The lowest BCUT2D eigenvalue weighted by Crippen LogP contribution is -2.54. The molecule has 6 rings (SSSR count). The van der Waals surface area contributed by atoms with Gasteiger partial charge in [0.1, 0.15) is 24.0 Å². The van der Waals surface area contributed by atoms with Crippen molar-refractivity contribution in [1.82, 2.24) is 24.3 Å². The Morgan fingerprint density at radius 2 is 1.93 bits per heavy atom. The van der Waals surface area contributed by atoms with Crippen molar-refractivity contribution >= 4 is 16.9 Å². The van der Waals surface area contributed by atoms with Crippen LogP contribution in [0.4, 0.5) is 5.82 Å². The second-order valence-electron chi connectivity index (χ2n) is 9.55. The van der Waals surface area contributed by atoms with Gasteiger partial charge in [-0.05, 0) is 64.0 Å². The van der Waals surface area contributed by atoms with Crippen molar-refractivity contribution in [2.45, 2.75) is 75.3 Å². The van der Waals surface area contributed by atoms with Gasteiger partial charge in [0.25, 0.3) is 0 Å². The number of hydrogen-bond acceptors (Lipinski definition) is 6. The molecule has 2 atom stereocenters. The maximum atomic E-state index is 6.53. The number of anilines is 1. The molecule has 4 fully saturated rings.